The van der Waals surface area contributed by atoms with Gasteiger partial charge in [-0.25, -0.2) is 4.79 Å². The number of hydrogen-bond acceptors (Lipinski definition) is 8. The average Bonchev–Trinajstić information content (AvgIpc) is 2.95. The van der Waals surface area contributed by atoms with Crippen LogP contribution in [0.3, 0.4) is 0 Å². The Labute approximate surface area is 234 Å². The molecule has 0 aromatic heterocycles. The Kier molecular flexibility index (Phi) is 9.18. The Morgan fingerprint density at radius 1 is 1.02 bits per heavy atom. The summed E-state index contributed by atoms with van der Waals surface area (Å²) in [4.78, 5) is 12.8. The molecule has 8 nitrogen and oxygen atoms in total. The van der Waals surface area contributed by atoms with Crippen molar-refractivity contribution in [3.05, 3.63) is 88.8 Å². The normalized spacial score (nSPS) is 14.2. The van der Waals surface area contributed by atoms with Crippen LogP contribution in [-0.4, -0.2) is 26.3 Å². The number of methoxy groups -OCH3 is 1. The Bertz CT molecular complexity index is 1420. The summed E-state index contributed by atoms with van der Waals surface area (Å²) in [6.07, 6.45) is 1.95. The van der Waals surface area contributed by atoms with Gasteiger partial charge in [-0.1, -0.05) is 39.3 Å². The fourth-order valence-corrected chi connectivity index (χ4v) is 4.27. The molecule has 2 N–H and O–H groups in total. The maximum Gasteiger partial charge on any atom is 0.343 e. The van der Waals surface area contributed by atoms with E-state index in [1.54, 1.807) is 49.6 Å². The van der Waals surface area contributed by atoms with E-state index in [-0.39, 0.29) is 17.2 Å². The van der Waals surface area contributed by atoms with Crippen LogP contribution in [0.25, 0.3) is 0 Å². The SMILES string of the molecule is CCCCOc1ccc(C2C(C#N)=C(N)Oc3cc(OC(=O)c4ccc(OCC(C)C)cc4)ccc32)cc1OC. The van der Waals surface area contributed by atoms with Gasteiger partial charge in [0.25, 0.3) is 0 Å². The minimum Gasteiger partial charge on any atom is -0.493 e. The first-order chi connectivity index (χ1) is 19.3. The van der Waals surface area contributed by atoms with Gasteiger partial charge >= 0.3 is 5.97 Å². The summed E-state index contributed by atoms with van der Waals surface area (Å²) < 4.78 is 28.5. The van der Waals surface area contributed by atoms with Gasteiger partial charge in [0.2, 0.25) is 5.88 Å². The smallest absolute Gasteiger partial charge is 0.343 e. The molecular formula is C32H34N2O6. The average molecular weight is 543 g/mol. The van der Waals surface area contributed by atoms with Gasteiger partial charge in [0, 0.05) is 11.6 Å². The van der Waals surface area contributed by atoms with E-state index in [9.17, 15) is 10.1 Å². The van der Waals surface area contributed by atoms with Crippen molar-refractivity contribution in [1.29, 1.82) is 5.26 Å². The van der Waals surface area contributed by atoms with Crippen LogP contribution in [0.2, 0.25) is 0 Å². The minimum absolute atomic E-state index is 0.0114. The minimum atomic E-state index is -0.521. The van der Waals surface area contributed by atoms with Gasteiger partial charge in [-0.2, -0.15) is 5.26 Å². The molecule has 3 aromatic rings. The Hall–Kier alpha value is -4.64. The second-order valence-electron chi connectivity index (χ2n) is 9.86. The number of allylic oxidation sites excluding steroid dienone is 1. The molecule has 3 aromatic carbocycles. The molecule has 8 heteroatoms. The molecule has 0 bridgehead atoms. The van der Waals surface area contributed by atoms with Gasteiger partial charge in [0.15, 0.2) is 11.5 Å². The second-order valence-corrected chi connectivity index (χ2v) is 9.86. The molecule has 4 rings (SSSR count). The molecule has 0 aliphatic carbocycles. The van der Waals surface area contributed by atoms with Gasteiger partial charge in [0.05, 0.1) is 31.8 Å². The van der Waals surface area contributed by atoms with Gasteiger partial charge in [0.1, 0.15) is 28.9 Å². The zero-order valence-electron chi connectivity index (χ0n) is 23.2. The molecule has 1 atom stereocenters. The van der Waals surface area contributed by atoms with Crippen molar-refractivity contribution in [2.24, 2.45) is 11.7 Å². The van der Waals surface area contributed by atoms with E-state index in [0.717, 1.165) is 18.4 Å². The highest BCUT2D eigenvalue weighted by atomic mass is 16.5. The van der Waals surface area contributed by atoms with Gasteiger partial charge in [-0.3, -0.25) is 0 Å². The third-order valence-corrected chi connectivity index (χ3v) is 6.35. The number of hydrogen-bond donors (Lipinski definition) is 1. The summed E-state index contributed by atoms with van der Waals surface area (Å²) in [6, 6.07) is 19.6. The van der Waals surface area contributed by atoms with Crippen molar-refractivity contribution in [3.63, 3.8) is 0 Å². The molecule has 0 radical (unpaired) electrons. The molecule has 1 aliphatic heterocycles. The highest BCUT2D eigenvalue weighted by Crippen LogP contribution is 2.45. The number of nitrogens with two attached hydrogens (primary N) is 1. The largest absolute Gasteiger partial charge is 0.493 e. The van der Waals surface area contributed by atoms with Crippen molar-refractivity contribution >= 4 is 5.97 Å². The Morgan fingerprint density at radius 3 is 2.45 bits per heavy atom. The lowest BCUT2D eigenvalue weighted by atomic mass is 9.83. The van der Waals surface area contributed by atoms with Crippen LogP contribution in [0.4, 0.5) is 0 Å². The zero-order valence-corrected chi connectivity index (χ0v) is 23.2. The molecular weight excluding hydrogens is 508 g/mol. The van der Waals surface area contributed by atoms with Crippen LogP contribution in [0.15, 0.2) is 72.1 Å². The lowest BCUT2D eigenvalue weighted by Crippen LogP contribution is -2.21. The lowest BCUT2D eigenvalue weighted by molar-refractivity contribution is 0.0734. The van der Waals surface area contributed by atoms with E-state index in [4.69, 9.17) is 29.4 Å². The number of ether oxygens (including phenoxy) is 5. The number of nitriles is 1. The molecule has 208 valence electrons. The summed E-state index contributed by atoms with van der Waals surface area (Å²) in [5.41, 5.74) is 8.32. The summed E-state index contributed by atoms with van der Waals surface area (Å²) in [5.74, 6) is 1.92. The fourth-order valence-electron chi connectivity index (χ4n) is 4.27. The number of carbonyl (C=O) groups excluding carboxylic acids is 1. The number of esters is 1. The van der Waals surface area contributed by atoms with Crippen molar-refractivity contribution in [2.75, 3.05) is 20.3 Å². The van der Waals surface area contributed by atoms with E-state index in [0.29, 0.717) is 53.3 Å². The van der Waals surface area contributed by atoms with Crippen LogP contribution in [0.1, 0.15) is 61.0 Å². The standard InChI is InChI=1S/C32H34N2O6/c1-5-6-15-37-27-14-9-22(16-29(27)36-4)30-25-13-12-24(17-28(25)40-31(34)26(30)18-33)39-32(35)21-7-10-23(11-8-21)38-19-20(2)3/h7-14,16-17,20,30H,5-6,15,19,34H2,1-4H3. The fraction of sp³-hybridized carbons (Fsp3) is 0.312. The molecule has 1 heterocycles. The van der Waals surface area contributed by atoms with Crippen LogP contribution in [0.5, 0.6) is 28.7 Å². The number of rotatable bonds is 11. The van der Waals surface area contributed by atoms with Crippen molar-refractivity contribution in [3.8, 4) is 34.8 Å². The molecule has 0 saturated carbocycles. The van der Waals surface area contributed by atoms with E-state index in [1.165, 1.54) is 0 Å². The topological polar surface area (TPSA) is 113 Å². The molecule has 0 fully saturated rings. The first kappa shape index (κ1) is 28.4. The van der Waals surface area contributed by atoms with E-state index >= 15 is 0 Å². The number of nitrogens with zero attached hydrogens (tertiary/aromatic N) is 1. The van der Waals surface area contributed by atoms with E-state index < -0.39 is 11.9 Å². The number of benzene rings is 3. The summed E-state index contributed by atoms with van der Waals surface area (Å²) >= 11 is 0. The summed E-state index contributed by atoms with van der Waals surface area (Å²) in [5, 5.41) is 9.92. The van der Waals surface area contributed by atoms with Crippen LogP contribution >= 0.6 is 0 Å². The molecule has 0 saturated heterocycles. The number of unbranched alkanes of at least 4 members (excludes halogenated alkanes) is 1. The first-order valence-electron chi connectivity index (χ1n) is 13.3. The predicted octanol–water partition coefficient (Wildman–Crippen LogP) is 6.35. The van der Waals surface area contributed by atoms with E-state index in [2.05, 4.69) is 26.8 Å². The predicted molar refractivity (Wildman–Crippen MR) is 151 cm³/mol. The maximum atomic E-state index is 12.8. The molecule has 0 amide bonds. The van der Waals surface area contributed by atoms with Gasteiger partial charge < -0.3 is 29.4 Å². The van der Waals surface area contributed by atoms with Crippen LogP contribution in [-0.2, 0) is 0 Å². The number of carbonyl (C=O) groups is 1. The van der Waals surface area contributed by atoms with Crippen molar-refractivity contribution in [2.45, 2.75) is 39.5 Å². The highest BCUT2D eigenvalue weighted by molar-refractivity contribution is 5.91. The number of fused-ring (bicyclic) bond motifs is 1. The quantitative estimate of drug-likeness (QED) is 0.169. The first-order valence-corrected chi connectivity index (χ1v) is 13.3. The van der Waals surface area contributed by atoms with E-state index in [1.807, 2.05) is 18.2 Å². The third-order valence-electron chi connectivity index (χ3n) is 6.35. The van der Waals surface area contributed by atoms with Crippen molar-refractivity contribution < 1.29 is 28.5 Å². The zero-order chi connectivity index (χ0) is 28.6. The Morgan fingerprint density at radius 2 is 1.77 bits per heavy atom. The maximum absolute atomic E-state index is 12.8. The molecule has 0 spiro atoms. The third kappa shape index (κ3) is 6.49. The van der Waals surface area contributed by atoms with Crippen LogP contribution in [0, 0.1) is 17.2 Å². The van der Waals surface area contributed by atoms with Gasteiger partial charge in [-0.05, 0) is 60.4 Å². The second kappa shape index (κ2) is 12.9. The molecule has 1 unspecified atom stereocenters. The molecule has 1 aliphatic rings. The summed E-state index contributed by atoms with van der Waals surface area (Å²) in [6.45, 7) is 7.41. The van der Waals surface area contributed by atoms with Crippen molar-refractivity contribution in [1.82, 2.24) is 0 Å². The van der Waals surface area contributed by atoms with Crippen LogP contribution < -0.4 is 29.4 Å². The Balaban J connectivity index is 1.57. The highest BCUT2D eigenvalue weighted by Gasteiger charge is 2.32. The lowest BCUT2D eigenvalue weighted by Gasteiger charge is -2.27. The van der Waals surface area contributed by atoms with Gasteiger partial charge in [-0.15, -0.1) is 0 Å². The summed E-state index contributed by atoms with van der Waals surface area (Å²) in [7, 11) is 1.58. The molecule has 40 heavy (non-hydrogen) atoms. The monoisotopic (exact) mass is 542 g/mol.